The third kappa shape index (κ3) is 4.54. The van der Waals surface area contributed by atoms with Gasteiger partial charge in [0.25, 0.3) is 0 Å². The molecule has 3 rings (SSSR count). The minimum atomic E-state index is -2.99. The highest BCUT2D eigenvalue weighted by molar-refractivity contribution is 7.91. The third-order valence-electron chi connectivity index (χ3n) is 3.85. The summed E-state index contributed by atoms with van der Waals surface area (Å²) in [5.74, 6) is 0.169. The van der Waals surface area contributed by atoms with E-state index in [2.05, 4.69) is 20.7 Å². The fourth-order valence-corrected chi connectivity index (χ4v) is 4.26. The van der Waals surface area contributed by atoms with Crippen molar-refractivity contribution in [1.82, 2.24) is 25.4 Å². The standard InChI is InChI=1S/C15H19N5O3S/c21-15(19-14-5-6-24(22,23)9-14)17-7-12-1-3-13(4-2-12)8-20-11-16-10-18-20/h1-4,10-11,14H,5-9H2,(H2,17,19,21)/t14-/m1/s1. The minimum Gasteiger partial charge on any atom is -0.334 e. The Labute approximate surface area is 140 Å². The molecule has 128 valence electrons. The number of rotatable bonds is 5. The molecule has 1 aliphatic heterocycles. The molecular weight excluding hydrogens is 330 g/mol. The van der Waals surface area contributed by atoms with Crippen LogP contribution in [0.5, 0.6) is 0 Å². The Bertz CT molecular complexity index is 787. The van der Waals surface area contributed by atoms with E-state index >= 15 is 0 Å². The fourth-order valence-electron chi connectivity index (χ4n) is 2.59. The van der Waals surface area contributed by atoms with Crippen molar-refractivity contribution in [2.24, 2.45) is 0 Å². The van der Waals surface area contributed by atoms with Crippen molar-refractivity contribution in [3.8, 4) is 0 Å². The normalized spacial score (nSPS) is 19.1. The predicted molar refractivity (Wildman–Crippen MR) is 88.0 cm³/mol. The summed E-state index contributed by atoms with van der Waals surface area (Å²) in [5, 5.41) is 9.49. The Morgan fingerprint density at radius 2 is 2.00 bits per heavy atom. The number of hydrogen-bond donors (Lipinski definition) is 2. The van der Waals surface area contributed by atoms with Crippen LogP contribution < -0.4 is 10.6 Å². The molecule has 0 bridgehead atoms. The second-order valence-electron chi connectivity index (χ2n) is 5.84. The number of carbonyl (C=O) groups excluding carboxylic acids is 1. The van der Waals surface area contributed by atoms with Gasteiger partial charge in [-0.3, -0.25) is 0 Å². The molecule has 1 atom stereocenters. The largest absolute Gasteiger partial charge is 0.334 e. The van der Waals surface area contributed by atoms with E-state index in [0.717, 1.165) is 11.1 Å². The lowest BCUT2D eigenvalue weighted by Gasteiger charge is -2.12. The number of amides is 2. The van der Waals surface area contributed by atoms with Crippen LogP contribution in [0.1, 0.15) is 17.5 Å². The number of hydrogen-bond acceptors (Lipinski definition) is 5. The van der Waals surface area contributed by atoms with E-state index < -0.39 is 9.84 Å². The molecule has 0 unspecified atom stereocenters. The fraction of sp³-hybridized carbons (Fsp3) is 0.400. The van der Waals surface area contributed by atoms with Crippen LogP contribution in [-0.4, -0.2) is 46.8 Å². The molecule has 1 fully saturated rings. The van der Waals surface area contributed by atoms with E-state index in [4.69, 9.17) is 0 Å². The number of nitrogens with one attached hydrogen (secondary N) is 2. The van der Waals surface area contributed by atoms with Gasteiger partial charge in [0, 0.05) is 12.6 Å². The number of aromatic nitrogens is 3. The van der Waals surface area contributed by atoms with E-state index in [1.165, 1.54) is 6.33 Å². The van der Waals surface area contributed by atoms with Gasteiger partial charge in [0.15, 0.2) is 9.84 Å². The molecule has 2 heterocycles. The number of nitrogens with zero attached hydrogens (tertiary/aromatic N) is 3. The van der Waals surface area contributed by atoms with Gasteiger partial charge < -0.3 is 10.6 Å². The molecule has 1 aliphatic rings. The number of sulfone groups is 1. The summed E-state index contributed by atoms with van der Waals surface area (Å²) in [7, 11) is -2.99. The van der Waals surface area contributed by atoms with Gasteiger partial charge in [-0.15, -0.1) is 0 Å². The molecule has 0 aliphatic carbocycles. The molecule has 9 heteroatoms. The van der Waals surface area contributed by atoms with Crippen LogP contribution in [0.15, 0.2) is 36.9 Å². The van der Waals surface area contributed by atoms with Crippen LogP contribution in [0.3, 0.4) is 0 Å². The summed E-state index contributed by atoms with van der Waals surface area (Å²) in [4.78, 5) is 15.7. The molecule has 0 spiro atoms. The maximum absolute atomic E-state index is 11.8. The van der Waals surface area contributed by atoms with Crippen molar-refractivity contribution >= 4 is 15.9 Å². The highest BCUT2D eigenvalue weighted by atomic mass is 32.2. The SMILES string of the molecule is O=C(NCc1ccc(Cn2cncn2)cc1)N[C@@H]1CCS(=O)(=O)C1. The lowest BCUT2D eigenvalue weighted by Crippen LogP contribution is -2.42. The van der Waals surface area contributed by atoms with E-state index in [-0.39, 0.29) is 23.6 Å². The van der Waals surface area contributed by atoms with Gasteiger partial charge in [0.05, 0.1) is 18.1 Å². The first-order valence-corrected chi connectivity index (χ1v) is 9.47. The van der Waals surface area contributed by atoms with Crippen LogP contribution in [0.25, 0.3) is 0 Å². The first kappa shape index (κ1) is 16.4. The smallest absolute Gasteiger partial charge is 0.315 e. The number of urea groups is 1. The van der Waals surface area contributed by atoms with E-state index in [1.807, 2.05) is 24.3 Å². The van der Waals surface area contributed by atoms with Crippen molar-refractivity contribution in [3.63, 3.8) is 0 Å². The van der Waals surface area contributed by atoms with E-state index in [0.29, 0.717) is 19.5 Å². The van der Waals surface area contributed by atoms with Gasteiger partial charge in [-0.25, -0.2) is 22.9 Å². The predicted octanol–water partition coefficient (Wildman–Crippen LogP) is 0.313. The number of benzene rings is 1. The lowest BCUT2D eigenvalue weighted by molar-refractivity contribution is 0.237. The second kappa shape index (κ2) is 7.00. The van der Waals surface area contributed by atoms with E-state index in [1.54, 1.807) is 11.0 Å². The first-order chi connectivity index (χ1) is 11.5. The maximum Gasteiger partial charge on any atom is 0.315 e. The zero-order chi connectivity index (χ0) is 17.0. The Morgan fingerprint density at radius 3 is 2.62 bits per heavy atom. The molecule has 24 heavy (non-hydrogen) atoms. The average Bonchev–Trinajstić information content (AvgIpc) is 3.16. The topological polar surface area (TPSA) is 106 Å². The Kier molecular flexibility index (Phi) is 4.79. The monoisotopic (exact) mass is 349 g/mol. The van der Waals surface area contributed by atoms with Gasteiger partial charge in [0.2, 0.25) is 0 Å². The minimum absolute atomic E-state index is 0.0252. The zero-order valence-electron chi connectivity index (χ0n) is 13.1. The van der Waals surface area contributed by atoms with Gasteiger partial charge in [-0.1, -0.05) is 24.3 Å². The molecule has 1 aromatic carbocycles. The summed E-state index contributed by atoms with van der Waals surface area (Å²) in [5.41, 5.74) is 2.05. The Morgan fingerprint density at radius 1 is 1.25 bits per heavy atom. The molecular formula is C15H19N5O3S. The summed E-state index contributed by atoms with van der Waals surface area (Å²) in [6.07, 6.45) is 3.63. The average molecular weight is 349 g/mol. The summed E-state index contributed by atoms with van der Waals surface area (Å²) >= 11 is 0. The van der Waals surface area contributed by atoms with Crippen molar-refractivity contribution < 1.29 is 13.2 Å². The summed E-state index contributed by atoms with van der Waals surface area (Å²) in [6, 6.07) is 7.18. The van der Waals surface area contributed by atoms with Crippen LogP contribution in [-0.2, 0) is 22.9 Å². The molecule has 1 saturated heterocycles. The van der Waals surface area contributed by atoms with Gasteiger partial charge >= 0.3 is 6.03 Å². The molecule has 2 aromatic rings. The lowest BCUT2D eigenvalue weighted by atomic mass is 10.1. The highest BCUT2D eigenvalue weighted by Crippen LogP contribution is 2.11. The quantitative estimate of drug-likeness (QED) is 0.808. The second-order valence-corrected chi connectivity index (χ2v) is 8.07. The molecule has 2 amide bonds. The zero-order valence-corrected chi connectivity index (χ0v) is 13.9. The van der Waals surface area contributed by atoms with Crippen LogP contribution in [0, 0.1) is 0 Å². The van der Waals surface area contributed by atoms with Crippen molar-refractivity contribution in [2.75, 3.05) is 11.5 Å². The van der Waals surface area contributed by atoms with Crippen LogP contribution in [0.2, 0.25) is 0 Å². The van der Waals surface area contributed by atoms with Crippen LogP contribution in [0.4, 0.5) is 4.79 Å². The Balaban J connectivity index is 1.45. The van der Waals surface area contributed by atoms with Gasteiger partial charge in [0.1, 0.15) is 12.7 Å². The van der Waals surface area contributed by atoms with Crippen molar-refractivity contribution in [3.05, 3.63) is 48.0 Å². The van der Waals surface area contributed by atoms with Gasteiger partial charge in [-0.2, -0.15) is 5.10 Å². The van der Waals surface area contributed by atoms with Crippen molar-refractivity contribution in [2.45, 2.75) is 25.6 Å². The molecule has 1 aromatic heterocycles. The molecule has 0 radical (unpaired) electrons. The van der Waals surface area contributed by atoms with Crippen molar-refractivity contribution in [1.29, 1.82) is 0 Å². The number of carbonyl (C=O) groups is 1. The first-order valence-electron chi connectivity index (χ1n) is 7.65. The Hall–Kier alpha value is -2.42. The van der Waals surface area contributed by atoms with E-state index in [9.17, 15) is 13.2 Å². The van der Waals surface area contributed by atoms with Crippen LogP contribution >= 0.6 is 0 Å². The highest BCUT2D eigenvalue weighted by Gasteiger charge is 2.28. The maximum atomic E-state index is 11.8. The summed E-state index contributed by atoms with van der Waals surface area (Å²) < 4.78 is 24.5. The molecule has 2 N–H and O–H groups in total. The molecule has 8 nitrogen and oxygen atoms in total. The summed E-state index contributed by atoms with van der Waals surface area (Å²) in [6.45, 7) is 1.03. The molecule has 0 saturated carbocycles. The van der Waals surface area contributed by atoms with Gasteiger partial charge in [-0.05, 0) is 17.5 Å². The third-order valence-corrected chi connectivity index (χ3v) is 5.62.